The van der Waals surface area contributed by atoms with Crippen molar-refractivity contribution < 1.29 is 30.7 Å². The molecule has 0 aliphatic heterocycles. The normalized spacial score (nSPS) is 13.6. The Labute approximate surface area is 125 Å². The van der Waals surface area contributed by atoms with Crippen molar-refractivity contribution >= 4 is 15.9 Å². The third-order valence-corrected chi connectivity index (χ3v) is 3.30. The second-order valence-electron chi connectivity index (χ2n) is 4.50. The molecule has 0 aliphatic rings. The number of alkyl halides is 7. The Kier molecular flexibility index (Phi) is 5.34. The third kappa shape index (κ3) is 3.70. The number of benzene rings is 1. The van der Waals surface area contributed by atoms with Crippen molar-refractivity contribution in [1.29, 1.82) is 0 Å². The van der Waals surface area contributed by atoms with Gasteiger partial charge in [-0.2, -0.15) is 26.3 Å². The van der Waals surface area contributed by atoms with Crippen LogP contribution in [-0.2, 0) is 12.1 Å². The minimum atomic E-state index is -6.10. The van der Waals surface area contributed by atoms with Crippen molar-refractivity contribution in [3.05, 3.63) is 33.8 Å². The Morgan fingerprint density at radius 3 is 1.95 bits per heavy atom. The van der Waals surface area contributed by atoms with Gasteiger partial charge >= 0.3 is 18.0 Å². The van der Waals surface area contributed by atoms with Crippen molar-refractivity contribution in [3.63, 3.8) is 0 Å². The van der Waals surface area contributed by atoms with Gasteiger partial charge < -0.3 is 0 Å². The van der Waals surface area contributed by atoms with Gasteiger partial charge in [0.25, 0.3) is 0 Å². The molecule has 0 aliphatic carbocycles. The van der Waals surface area contributed by atoms with Gasteiger partial charge in [-0.3, -0.25) is 0 Å². The van der Waals surface area contributed by atoms with Crippen molar-refractivity contribution in [3.8, 4) is 0 Å². The number of hydrogen-bond donors (Lipinski definition) is 0. The molecule has 0 N–H and O–H groups in total. The lowest BCUT2D eigenvalue weighted by Crippen LogP contribution is -2.50. The van der Waals surface area contributed by atoms with E-state index in [9.17, 15) is 30.7 Å². The first-order chi connectivity index (χ1) is 9.43. The van der Waals surface area contributed by atoms with Gasteiger partial charge in [0, 0.05) is 16.1 Å². The first kappa shape index (κ1) is 18.3. The Bertz CT molecular complexity index is 476. The van der Waals surface area contributed by atoms with Gasteiger partial charge in [-0.05, 0) is 24.5 Å². The van der Waals surface area contributed by atoms with E-state index < -0.39 is 23.6 Å². The van der Waals surface area contributed by atoms with E-state index in [-0.39, 0.29) is 16.5 Å². The summed E-state index contributed by atoms with van der Waals surface area (Å²) in [6.45, 7) is 1.81. The minimum Gasteiger partial charge on any atom is -0.218 e. The summed E-state index contributed by atoms with van der Waals surface area (Å²) < 4.78 is 89.9. The zero-order valence-electron chi connectivity index (χ0n) is 10.8. The molecular formula is C13H11BrF7. The molecule has 0 bridgehead atoms. The summed E-state index contributed by atoms with van der Waals surface area (Å²) in [5, 5.41) is 0. The standard InChI is InChI=1S/C13H11BrF7/c1-2-3-4-8-5-9(7-10(14)6-8)11(15,12(16,17)18)13(19,20)21/h5,7H,2-4H2,1H3. The second-order valence-corrected chi connectivity index (χ2v) is 5.35. The van der Waals surface area contributed by atoms with E-state index in [1.54, 1.807) is 0 Å². The molecule has 21 heavy (non-hydrogen) atoms. The van der Waals surface area contributed by atoms with E-state index in [0.29, 0.717) is 25.0 Å². The molecule has 0 aromatic heterocycles. The molecule has 0 saturated heterocycles. The molecule has 8 heteroatoms. The summed E-state index contributed by atoms with van der Waals surface area (Å²) in [6.07, 6.45) is -10.8. The Hall–Kier alpha value is -0.790. The topological polar surface area (TPSA) is 0 Å². The highest BCUT2D eigenvalue weighted by Crippen LogP contribution is 2.53. The van der Waals surface area contributed by atoms with Crippen LogP contribution in [0.4, 0.5) is 30.7 Å². The SMILES string of the molecule is CCCCc1[c]c(Br)cc(C(F)(C(F)(F)F)C(F)(F)F)c1. The summed E-state index contributed by atoms with van der Waals surface area (Å²) in [5.41, 5.74) is -6.80. The average Bonchev–Trinajstić information content (AvgIpc) is 2.31. The quantitative estimate of drug-likeness (QED) is 0.573. The van der Waals surface area contributed by atoms with Crippen LogP contribution in [0, 0.1) is 6.07 Å². The molecule has 0 unspecified atom stereocenters. The lowest BCUT2D eigenvalue weighted by atomic mass is 9.92. The Morgan fingerprint density at radius 1 is 1.00 bits per heavy atom. The fourth-order valence-corrected chi connectivity index (χ4v) is 2.28. The molecular weight excluding hydrogens is 369 g/mol. The van der Waals surface area contributed by atoms with Crippen LogP contribution in [-0.4, -0.2) is 12.4 Å². The second kappa shape index (κ2) is 6.14. The maximum atomic E-state index is 13.9. The first-order valence-corrected chi connectivity index (χ1v) is 6.77. The summed E-state index contributed by atoms with van der Waals surface area (Å²) >= 11 is 2.77. The number of rotatable bonds is 4. The number of unbranched alkanes of at least 4 members (excludes halogenated alkanes) is 1. The van der Waals surface area contributed by atoms with E-state index in [4.69, 9.17) is 0 Å². The van der Waals surface area contributed by atoms with Crippen molar-refractivity contribution in [2.24, 2.45) is 0 Å². The molecule has 119 valence electrons. The Balaban J connectivity index is 3.43. The van der Waals surface area contributed by atoms with E-state index in [0.717, 1.165) is 0 Å². The first-order valence-electron chi connectivity index (χ1n) is 5.98. The molecule has 0 amide bonds. The van der Waals surface area contributed by atoms with E-state index in [1.165, 1.54) is 0 Å². The summed E-state index contributed by atoms with van der Waals surface area (Å²) in [5.74, 6) is 0. The summed E-state index contributed by atoms with van der Waals surface area (Å²) in [4.78, 5) is 0. The van der Waals surface area contributed by atoms with Crippen LogP contribution in [0.2, 0.25) is 0 Å². The van der Waals surface area contributed by atoms with Crippen molar-refractivity contribution in [2.45, 2.75) is 44.2 Å². The van der Waals surface area contributed by atoms with Gasteiger partial charge in [-0.1, -0.05) is 35.3 Å². The summed E-state index contributed by atoms with van der Waals surface area (Å²) in [7, 11) is 0. The molecule has 1 aromatic rings. The molecule has 0 nitrogen and oxygen atoms in total. The van der Waals surface area contributed by atoms with Gasteiger partial charge in [0.05, 0.1) is 0 Å². The van der Waals surface area contributed by atoms with E-state index >= 15 is 0 Å². The van der Waals surface area contributed by atoms with E-state index in [1.807, 2.05) is 6.92 Å². The highest BCUT2D eigenvalue weighted by atomic mass is 79.9. The fourth-order valence-electron chi connectivity index (χ4n) is 1.78. The van der Waals surface area contributed by atoms with Crippen LogP contribution >= 0.6 is 15.9 Å². The predicted octanol–water partition coefficient (Wildman–Crippen LogP) is 5.88. The zero-order chi connectivity index (χ0) is 16.5. The maximum absolute atomic E-state index is 13.9. The minimum absolute atomic E-state index is 0.0942. The predicted molar refractivity (Wildman–Crippen MR) is 66.5 cm³/mol. The Morgan fingerprint density at radius 2 is 1.52 bits per heavy atom. The van der Waals surface area contributed by atoms with Crippen LogP contribution in [0.15, 0.2) is 16.6 Å². The molecule has 0 saturated carbocycles. The molecule has 0 heterocycles. The fraction of sp³-hybridized carbons (Fsp3) is 0.538. The monoisotopic (exact) mass is 379 g/mol. The van der Waals surface area contributed by atoms with Gasteiger partial charge in [0.2, 0.25) is 0 Å². The molecule has 0 atom stereocenters. The van der Waals surface area contributed by atoms with Gasteiger partial charge in [-0.15, -0.1) is 0 Å². The number of hydrogen-bond acceptors (Lipinski definition) is 0. The van der Waals surface area contributed by atoms with Crippen LogP contribution < -0.4 is 0 Å². The molecule has 0 spiro atoms. The zero-order valence-corrected chi connectivity index (χ0v) is 12.4. The smallest absolute Gasteiger partial charge is 0.218 e. The number of halogens is 8. The van der Waals surface area contributed by atoms with Crippen molar-refractivity contribution in [1.82, 2.24) is 0 Å². The third-order valence-electron chi connectivity index (χ3n) is 2.87. The van der Waals surface area contributed by atoms with Crippen LogP contribution in [0.3, 0.4) is 0 Å². The molecule has 1 radical (unpaired) electrons. The average molecular weight is 380 g/mol. The molecule has 0 fully saturated rings. The van der Waals surface area contributed by atoms with Crippen LogP contribution in [0.1, 0.15) is 30.9 Å². The van der Waals surface area contributed by atoms with Crippen LogP contribution in [0.5, 0.6) is 0 Å². The number of aryl methyl sites for hydroxylation is 1. The lowest BCUT2D eigenvalue weighted by Gasteiger charge is -2.30. The van der Waals surface area contributed by atoms with Crippen LogP contribution in [0.25, 0.3) is 0 Å². The van der Waals surface area contributed by atoms with Crippen molar-refractivity contribution in [2.75, 3.05) is 0 Å². The maximum Gasteiger partial charge on any atom is 0.435 e. The van der Waals surface area contributed by atoms with Gasteiger partial charge in [-0.25, -0.2) is 4.39 Å². The largest absolute Gasteiger partial charge is 0.435 e. The summed E-state index contributed by atoms with van der Waals surface area (Å²) in [6, 6.07) is 3.60. The van der Waals surface area contributed by atoms with E-state index in [2.05, 4.69) is 22.0 Å². The highest BCUT2D eigenvalue weighted by Gasteiger charge is 2.73. The lowest BCUT2D eigenvalue weighted by molar-refractivity contribution is -0.348. The van der Waals surface area contributed by atoms with Gasteiger partial charge in [0.15, 0.2) is 0 Å². The highest BCUT2D eigenvalue weighted by molar-refractivity contribution is 9.10. The molecule has 1 rings (SSSR count). The molecule has 1 aromatic carbocycles. The van der Waals surface area contributed by atoms with Gasteiger partial charge in [0.1, 0.15) is 0 Å².